The van der Waals surface area contributed by atoms with E-state index in [1.54, 1.807) is 4.90 Å². The number of aromatic nitrogens is 2. The van der Waals surface area contributed by atoms with Crippen molar-refractivity contribution in [3.8, 4) is 6.07 Å². The molecule has 1 aliphatic carbocycles. The number of benzene rings is 1. The molecule has 2 aromatic rings. The molecular formula is C19H17N5OS2. The number of aromatic amines is 1. The molecule has 4 rings (SSSR count). The summed E-state index contributed by atoms with van der Waals surface area (Å²) in [6, 6.07) is 10.1. The molecule has 1 atom stereocenters. The second-order valence-corrected chi connectivity index (χ2v) is 8.27. The topological polar surface area (TPSA) is 98.8 Å². The number of H-pyrrole nitrogens is 1. The number of nitrogens with zero attached hydrogens (tertiary/aromatic N) is 3. The van der Waals surface area contributed by atoms with Gasteiger partial charge in [-0.05, 0) is 37.5 Å². The van der Waals surface area contributed by atoms with Gasteiger partial charge < -0.3 is 5.73 Å². The van der Waals surface area contributed by atoms with Crippen LogP contribution in [0.15, 0.2) is 46.9 Å². The van der Waals surface area contributed by atoms with Gasteiger partial charge in [0.05, 0.1) is 17.6 Å². The first-order valence-corrected chi connectivity index (χ1v) is 9.82. The highest BCUT2D eigenvalue weighted by Crippen LogP contribution is 2.46. The van der Waals surface area contributed by atoms with Gasteiger partial charge in [0.1, 0.15) is 5.82 Å². The fraction of sp³-hybridized carbons (Fsp3) is 0.263. The predicted molar refractivity (Wildman–Crippen MR) is 106 cm³/mol. The van der Waals surface area contributed by atoms with Crippen LogP contribution in [0.5, 0.6) is 0 Å². The normalized spacial score (nSPS) is 19.9. The van der Waals surface area contributed by atoms with Crippen molar-refractivity contribution in [3.05, 3.63) is 62.0 Å². The number of Topliss-reactive ketones (excluding diaryl/α,β-unsaturated/α-hetero) is 1. The van der Waals surface area contributed by atoms with Crippen LogP contribution in [0.3, 0.4) is 0 Å². The maximum absolute atomic E-state index is 12.9. The average Bonchev–Trinajstić information content (AvgIpc) is 3.06. The van der Waals surface area contributed by atoms with E-state index in [-0.39, 0.29) is 5.78 Å². The van der Waals surface area contributed by atoms with Gasteiger partial charge >= 0.3 is 0 Å². The molecule has 0 saturated heterocycles. The number of rotatable bonds is 2. The summed E-state index contributed by atoms with van der Waals surface area (Å²) >= 11 is 6.42. The molecule has 0 amide bonds. The molecule has 1 unspecified atom stereocenters. The summed E-state index contributed by atoms with van der Waals surface area (Å²) < 4.78 is 0.515. The highest BCUT2D eigenvalue weighted by atomic mass is 32.1. The molecule has 27 heavy (non-hydrogen) atoms. The lowest BCUT2D eigenvalue weighted by Gasteiger charge is -2.38. The lowest BCUT2D eigenvalue weighted by molar-refractivity contribution is -0.116. The summed E-state index contributed by atoms with van der Waals surface area (Å²) in [4.78, 5) is 14.7. The lowest BCUT2D eigenvalue weighted by atomic mass is 9.75. The molecule has 6 nitrogen and oxygen atoms in total. The largest absolute Gasteiger partial charge is 0.384 e. The Morgan fingerprint density at radius 2 is 2.26 bits per heavy atom. The van der Waals surface area contributed by atoms with E-state index in [4.69, 9.17) is 18.0 Å². The van der Waals surface area contributed by atoms with Gasteiger partial charge in [0.25, 0.3) is 0 Å². The number of anilines is 1. The third-order valence-electron chi connectivity index (χ3n) is 4.91. The van der Waals surface area contributed by atoms with Crippen molar-refractivity contribution < 1.29 is 4.79 Å². The number of allylic oxidation sites excluding steroid dienone is 3. The summed E-state index contributed by atoms with van der Waals surface area (Å²) in [5, 5.41) is 17.4. The Balaban J connectivity index is 1.99. The van der Waals surface area contributed by atoms with Crippen LogP contribution < -0.4 is 10.6 Å². The van der Waals surface area contributed by atoms with Crippen LogP contribution >= 0.6 is 23.6 Å². The zero-order valence-corrected chi connectivity index (χ0v) is 16.3. The molecule has 0 saturated carbocycles. The third kappa shape index (κ3) is 2.89. The van der Waals surface area contributed by atoms with Gasteiger partial charge in [0.2, 0.25) is 5.13 Å². The van der Waals surface area contributed by atoms with Crippen molar-refractivity contribution in [1.82, 2.24) is 10.2 Å². The summed E-state index contributed by atoms with van der Waals surface area (Å²) in [7, 11) is 0. The second kappa shape index (κ2) is 6.76. The molecular weight excluding hydrogens is 378 g/mol. The number of nitrogens with one attached hydrogen (secondary N) is 1. The van der Waals surface area contributed by atoms with Crippen LogP contribution in [0.2, 0.25) is 0 Å². The van der Waals surface area contributed by atoms with Crippen molar-refractivity contribution in [2.75, 3.05) is 4.90 Å². The van der Waals surface area contributed by atoms with Crippen LogP contribution in [0.1, 0.15) is 36.3 Å². The van der Waals surface area contributed by atoms with Crippen molar-refractivity contribution >= 4 is 34.5 Å². The highest BCUT2D eigenvalue weighted by Gasteiger charge is 2.41. The van der Waals surface area contributed by atoms with Crippen LogP contribution in [0.25, 0.3) is 0 Å². The van der Waals surface area contributed by atoms with Crippen LogP contribution in [0.4, 0.5) is 5.13 Å². The average molecular weight is 396 g/mol. The van der Waals surface area contributed by atoms with Gasteiger partial charge in [0, 0.05) is 17.7 Å². The number of ketones is 1. The SMILES string of the molecule is Cc1cccc(C2C(C#N)=C(N)N(c3n[nH]c(=S)s3)C3=C2C(=O)CCC3)c1. The molecule has 0 fully saturated rings. The Morgan fingerprint density at radius 3 is 2.93 bits per heavy atom. The van der Waals surface area contributed by atoms with Crippen molar-refractivity contribution in [2.24, 2.45) is 5.73 Å². The molecule has 1 aromatic heterocycles. The lowest BCUT2D eigenvalue weighted by Crippen LogP contribution is -2.38. The van der Waals surface area contributed by atoms with Crippen LogP contribution in [-0.4, -0.2) is 16.0 Å². The monoisotopic (exact) mass is 395 g/mol. The second-order valence-electron chi connectivity index (χ2n) is 6.63. The minimum atomic E-state index is -0.444. The fourth-order valence-corrected chi connectivity index (χ4v) is 4.72. The van der Waals surface area contributed by atoms with E-state index in [1.807, 2.05) is 31.2 Å². The first-order chi connectivity index (χ1) is 13.0. The Hall–Kier alpha value is -2.76. The molecule has 136 valence electrons. The molecule has 0 radical (unpaired) electrons. The van der Waals surface area contributed by atoms with Crippen LogP contribution in [0, 0.1) is 22.2 Å². The Morgan fingerprint density at radius 1 is 1.44 bits per heavy atom. The quantitative estimate of drug-likeness (QED) is 0.750. The Labute approximate surface area is 165 Å². The minimum absolute atomic E-state index is 0.0622. The molecule has 0 bridgehead atoms. The number of carbonyl (C=O) groups excluding carboxylic acids is 1. The number of aryl methyl sites for hydroxylation is 1. The van der Waals surface area contributed by atoms with Gasteiger partial charge in [-0.1, -0.05) is 41.2 Å². The van der Waals surface area contributed by atoms with Gasteiger partial charge in [-0.3, -0.25) is 14.8 Å². The summed E-state index contributed by atoms with van der Waals surface area (Å²) in [6.07, 6.45) is 1.93. The minimum Gasteiger partial charge on any atom is -0.384 e. The maximum Gasteiger partial charge on any atom is 0.216 e. The van der Waals surface area contributed by atoms with Gasteiger partial charge in [0.15, 0.2) is 9.74 Å². The van der Waals surface area contributed by atoms with E-state index < -0.39 is 5.92 Å². The number of nitrogens with two attached hydrogens (primary N) is 1. The van der Waals surface area contributed by atoms with Crippen LogP contribution in [-0.2, 0) is 4.79 Å². The predicted octanol–water partition coefficient (Wildman–Crippen LogP) is 3.81. The summed E-state index contributed by atoms with van der Waals surface area (Å²) in [5.41, 5.74) is 10.3. The van der Waals surface area contributed by atoms with Gasteiger partial charge in [-0.25, -0.2) is 0 Å². The van der Waals surface area contributed by atoms with Gasteiger partial charge in [-0.15, -0.1) is 5.10 Å². The summed E-state index contributed by atoms with van der Waals surface area (Å²) in [6.45, 7) is 1.99. The third-order valence-corrected chi connectivity index (χ3v) is 5.98. The fourth-order valence-electron chi connectivity index (χ4n) is 3.81. The number of nitriles is 1. The first-order valence-electron chi connectivity index (χ1n) is 8.59. The maximum atomic E-state index is 12.9. The smallest absolute Gasteiger partial charge is 0.216 e. The number of carbonyl (C=O) groups is 1. The van der Waals surface area contributed by atoms with Crippen molar-refractivity contribution in [1.29, 1.82) is 5.26 Å². The number of hydrogen-bond acceptors (Lipinski definition) is 7. The highest BCUT2D eigenvalue weighted by molar-refractivity contribution is 7.73. The molecule has 0 spiro atoms. The van der Waals surface area contributed by atoms with E-state index >= 15 is 0 Å². The number of hydrogen-bond donors (Lipinski definition) is 2. The molecule has 3 N–H and O–H groups in total. The molecule has 8 heteroatoms. The molecule has 1 aliphatic heterocycles. The van der Waals surface area contributed by atoms with E-state index in [0.29, 0.717) is 38.9 Å². The van der Waals surface area contributed by atoms with E-state index in [2.05, 4.69) is 16.3 Å². The Bertz CT molecular complexity index is 1100. The Kier molecular flexibility index (Phi) is 4.42. The summed E-state index contributed by atoms with van der Waals surface area (Å²) in [5.74, 6) is -0.0665. The zero-order chi connectivity index (χ0) is 19.1. The van der Waals surface area contributed by atoms with E-state index in [0.717, 1.165) is 23.2 Å². The standard InChI is InChI=1S/C19H17N5OS2/c1-10-4-2-5-11(8-10)15-12(9-20)17(21)24(18-22-23-19(26)27-18)13-6-3-7-14(25)16(13)15/h2,4-5,8,15H,3,6-7,21H2,1H3,(H,23,26). The van der Waals surface area contributed by atoms with Crippen molar-refractivity contribution in [3.63, 3.8) is 0 Å². The van der Waals surface area contributed by atoms with E-state index in [9.17, 15) is 10.1 Å². The van der Waals surface area contributed by atoms with E-state index in [1.165, 1.54) is 11.3 Å². The molecule has 2 heterocycles. The zero-order valence-electron chi connectivity index (χ0n) is 14.7. The van der Waals surface area contributed by atoms with Crippen molar-refractivity contribution in [2.45, 2.75) is 32.1 Å². The van der Waals surface area contributed by atoms with Gasteiger partial charge in [-0.2, -0.15) is 5.26 Å². The first kappa shape index (κ1) is 17.6. The molecule has 1 aromatic carbocycles. The molecule has 2 aliphatic rings.